The van der Waals surface area contributed by atoms with Crippen molar-refractivity contribution in [3.05, 3.63) is 40.2 Å². The molecule has 3 rings (SSSR count). The number of hydrogen-bond donors (Lipinski definition) is 1. The van der Waals surface area contributed by atoms with Crippen molar-refractivity contribution < 1.29 is 22.7 Å². The zero-order chi connectivity index (χ0) is 22.8. The highest BCUT2D eigenvalue weighted by molar-refractivity contribution is 7.98. The lowest BCUT2D eigenvalue weighted by Gasteiger charge is -2.25. The molecule has 6 nitrogen and oxygen atoms in total. The van der Waals surface area contributed by atoms with Gasteiger partial charge in [0.1, 0.15) is 5.82 Å². The highest BCUT2D eigenvalue weighted by atomic mass is 35.5. The summed E-state index contributed by atoms with van der Waals surface area (Å²) in [6.07, 6.45) is -3.08. The number of aryl methyl sites for hydroxylation is 1. The minimum absolute atomic E-state index is 0.0455. The van der Waals surface area contributed by atoms with Gasteiger partial charge in [0.25, 0.3) is 5.91 Å². The average molecular weight is 475 g/mol. The summed E-state index contributed by atoms with van der Waals surface area (Å²) in [5.74, 6) is -0.153. The fourth-order valence-corrected chi connectivity index (χ4v) is 3.90. The van der Waals surface area contributed by atoms with Crippen LogP contribution in [0.15, 0.2) is 23.4 Å². The number of carbonyl (C=O) groups is 1. The molecule has 1 aliphatic heterocycles. The molecule has 1 unspecified atom stereocenters. The maximum Gasteiger partial charge on any atom is 0.414 e. The van der Waals surface area contributed by atoms with Crippen LogP contribution in [-0.2, 0) is 4.74 Å². The summed E-state index contributed by atoms with van der Waals surface area (Å²) in [4.78, 5) is 23.5. The number of amides is 1. The predicted octanol–water partition coefficient (Wildman–Crippen LogP) is 4.88. The number of hydrogen-bond acceptors (Lipinski definition) is 6. The first-order chi connectivity index (χ1) is 14.6. The van der Waals surface area contributed by atoms with Crippen molar-refractivity contribution in [2.45, 2.75) is 37.6 Å². The van der Waals surface area contributed by atoms with E-state index in [4.69, 9.17) is 16.3 Å². The third-order valence-corrected chi connectivity index (χ3v) is 6.15. The van der Waals surface area contributed by atoms with Crippen molar-refractivity contribution in [2.24, 2.45) is 0 Å². The summed E-state index contributed by atoms with van der Waals surface area (Å²) in [5.41, 5.74) is 1.78. The second-order valence-electron chi connectivity index (χ2n) is 7.05. The van der Waals surface area contributed by atoms with Crippen LogP contribution in [0.2, 0.25) is 5.02 Å². The van der Waals surface area contributed by atoms with E-state index in [0.717, 1.165) is 5.03 Å². The van der Waals surface area contributed by atoms with Gasteiger partial charge in [-0.2, -0.15) is 13.2 Å². The summed E-state index contributed by atoms with van der Waals surface area (Å²) in [7, 11) is 0. The van der Waals surface area contributed by atoms with E-state index in [-0.39, 0.29) is 31.7 Å². The SMILES string of the molecule is CSc1cc(NC(=O)c2c(N3CCOC(C(F)(F)F)CC3)nc(C)c(Cl)c2C)ccn1. The molecule has 0 aromatic carbocycles. The minimum Gasteiger partial charge on any atom is -0.367 e. The van der Waals surface area contributed by atoms with E-state index in [1.165, 1.54) is 11.8 Å². The van der Waals surface area contributed by atoms with Gasteiger partial charge >= 0.3 is 6.18 Å². The van der Waals surface area contributed by atoms with Crippen LogP contribution >= 0.6 is 23.4 Å². The molecule has 1 atom stereocenters. The number of anilines is 2. The van der Waals surface area contributed by atoms with Gasteiger partial charge in [-0.3, -0.25) is 4.79 Å². The number of thioether (sulfide) groups is 1. The molecule has 1 N–H and O–H groups in total. The van der Waals surface area contributed by atoms with Gasteiger partial charge in [-0.25, -0.2) is 9.97 Å². The Labute approximate surface area is 187 Å². The Morgan fingerprint density at radius 1 is 1.35 bits per heavy atom. The lowest BCUT2D eigenvalue weighted by Crippen LogP contribution is -2.33. The van der Waals surface area contributed by atoms with Crippen LogP contribution in [0.25, 0.3) is 0 Å². The van der Waals surface area contributed by atoms with Crippen LogP contribution in [0.1, 0.15) is 28.0 Å². The van der Waals surface area contributed by atoms with Gasteiger partial charge in [0.2, 0.25) is 0 Å². The lowest BCUT2D eigenvalue weighted by molar-refractivity contribution is -0.218. The molecule has 0 saturated carbocycles. The minimum atomic E-state index is -4.44. The highest BCUT2D eigenvalue weighted by Crippen LogP contribution is 2.33. The van der Waals surface area contributed by atoms with Gasteiger partial charge in [-0.1, -0.05) is 11.6 Å². The molecule has 0 radical (unpaired) electrons. The van der Waals surface area contributed by atoms with Gasteiger partial charge in [0.15, 0.2) is 6.10 Å². The molecule has 3 heterocycles. The van der Waals surface area contributed by atoms with Crippen molar-refractivity contribution in [3.63, 3.8) is 0 Å². The Kier molecular flexibility index (Phi) is 7.33. The molecule has 1 amide bonds. The number of rotatable bonds is 4. The Hall–Kier alpha value is -2.04. The smallest absolute Gasteiger partial charge is 0.367 e. The van der Waals surface area contributed by atoms with E-state index < -0.39 is 18.2 Å². The molecule has 0 spiro atoms. The Bertz CT molecular complexity index is 974. The Balaban J connectivity index is 1.95. The molecule has 2 aromatic rings. The quantitative estimate of drug-likeness (QED) is 0.637. The van der Waals surface area contributed by atoms with Gasteiger partial charge < -0.3 is 15.0 Å². The molecule has 1 fully saturated rings. The maximum absolute atomic E-state index is 13.2. The fourth-order valence-electron chi connectivity index (χ4n) is 3.35. The van der Waals surface area contributed by atoms with Gasteiger partial charge in [0, 0.05) is 31.4 Å². The second kappa shape index (κ2) is 9.62. The van der Waals surface area contributed by atoms with Crippen LogP contribution in [0.5, 0.6) is 0 Å². The standard InChI is InChI=1S/C20H22ClF3N4O2S/c1-11-16(19(29)27-13-4-6-25-15(10-13)31-3)18(26-12(2)17(11)21)28-7-5-14(20(22,23)24)30-9-8-28/h4,6,10,14H,5,7-9H2,1-3H3,(H,25,27,29). The summed E-state index contributed by atoms with van der Waals surface area (Å²) in [6.45, 7) is 3.48. The molecule has 31 heavy (non-hydrogen) atoms. The number of halogens is 4. The third kappa shape index (κ3) is 5.42. The molecule has 168 valence electrons. The van der Waals surface area contributed by atoms with Gasteiger partial charge in [0.05, 0.1) is 27.9 Å². The summed E-state index contributed by atoms with van der Waals surface area (Å²) < 4.78 is 44.3. The van der Waals surface area contributed by atoms with Crippen molar-refractivity contribution in [1.82, 2.24) is 9.97 Å². The van der Waals surface area contributed by atoms with Crippen molar-refractivity contribution in [1.29, 1.82) is 0 Å². The van der Waals surface area contributed by atoms with Gasteiger partial charge in [-0.05, 0) is 37.8 Å². The zero-order valence-corrected chi connectivity index (χ0v) is 18.8. The number of pyridine rings is 2. The van der Waals surface area contributed by atoms with Crippen LogP contribution in [0, 0.1) is 13.8 Å². The van der Waals surface area contributed by atoms with Crippen LogP contribution in [0.3, 0.4) is 0 Å². The normalized spacial score (nSPS) is 17.4. The number of nitrogens with one attached hydrogen (secondary N) is 1. The van der Waals surface area contributed by atoms with E-state index in [0.29, 0.717) is 27.8 Å². The molecule has 0 aliphatic carbocycles. The monoisotopic (exact) mass is 474 g/mol. The predicted molar refractivity (Wildman–Crippen MR) is 115 cm³/mol. The molecule has 1 saturated heterocycles. The molecule has 11 heteroatoms. The summed E-state index contributed by atoms with van der Waals surface area (Å²) in [5, 5.41) is 3.89. The third-order valence-electron chi connectivity index (χ3n) is 4.95. The van der Waals surface area contributed by atoms with Crippen LogP contribution in [-0.4, -0.2) is 54.1 Å². The molecular formula is C20H22ClF3N4O2S. The molecule has 2 aromatic heterocycles. The maximum atomic E-state index is 13.2. The Morgan fingerprint density at radius 3 is 2.77 bits per heavy atom. The number of nitrogens with zero attached hydrogens (tertiary/aromatic N) is 3. The van der Waals surface area contributed by atoms with E-state index in [2.05, 4.69) is 15.3 Å². The average Bonchev–Trinajstić information content (AvgIpc) is 2.98. The number of ether oxygens (including phenoxy) is 1. The van der Waals surface area contributed by atoms with Crippen LogP contribution in [0.4, 0.5) is 24.7 Å². The van der Waals surface area contributed by atoms with Crippen LogP contribution < -0.4 is 10.2 Å². The Morgan fingerprint density at radius 2 is 2.10 bits per heavy atom. The first kappa shape index (κ1) is 23.6. The summed E-state index contributed by atoms with van der Waals surface area (Å²) >= 11 is 7.79. The van der Waals surface area contributed by atoms with Crippen molar-refractivity contribution in [2.75, 3.05) is 36.2 Å². The fraction of sp³-hybridized carbons (Fsp3) is 0.450. The summed E-state index contributed by atoms with van der Waals surface area (Å²) in [6, 6.07) is 3.39. The van der Waals surface area contributed by atoms with E-state index >= 15 is 0 Å². The van der Waals surface area contributed by atoms with E-state index in [1.807, 2.05) is 6.26 Å². The van der Waals surface area contributed by atoms with Gasteiger partial charge in [-0.15, -0.1) is 11.8 Å². The number of alkyl halides is 3. The largest absolute Gasteiger partial charge is 0.414 e. The first-order valence-electron chi connectivity index (χ1n) is 9.53. The topological polar surface area (TPSA) is 67.4 Å². The molecular weight excluding hydrogens is 453 g/mol. The zero-order valence-electron chi connectivity index (χ0n) is 17.2. The molecule has 0 bridgehead atoms. The highest BCUT2D eigenvalue weighted by Gasteiger charge is 2.42. The molecule has 1 aliphatic rings. The van der Waals surface area contributed by atoms with E-state index in [1.54, 1.807) is 37.1 Å². The van der Waals surface area contributed by atoms with Crippen molar-refractivity contribution in [3.8, 4) is 0 Å². The lowest BCUT2D eigenvalue weighted by atomic mass is 10.1. The first-order valence-corrected chi connectivity index (χ1v) is 11.1. The number of aromatic nitrogens is 2. The van der Waals surface area contributed by atoms with Crippen molar-refractivity contribution >= 4 is 40.8 Å². The number of carbonyl (C=O) groups excluding carboxylic acids is 1. The second-order valence-corrected chi connectivity index (χ2v) is 8.26. The van der Waals surface area contributed by atoms with E-state index in [9.17, 15) is 18.0 Å².